The smallest absolute Gasteiger partial charge is 0.140 e. The van der Waals surface area contributed by atoms with Crippen molar-refractivity contribution in [1.82, 2.24) is 15.0 Å². The lowest BCUT2D eigenvalue weighted by Crippen LogP contribution is -2.01. The number of aromatic nitrogens is 3. The first-order chi connectivity index (χ1) is 9.24. The van der Waals surface area contributed by atoms with E-state index in [-0.39, 0.29) is 0 Å². The van der Waals surface area contributed by atoms with Crippen LogP contribution in [0.2, 0.25) is 0 Å². The minimum Gasteiger partial charge on any atom is -0.343 e. The highest BCUT2D eigenvalue weighted by Gasteiger charge is 2.18. The van der Waals surface area contributed by atoms with Crippen molar-refractivity contribution >= 4 is 12.2 Å². The Bertz CT molecular complexity index is 642. The quantitative estimate of drug-likeness (QED) is 0.834. The van der Waals surface area contributed by atoms with Gasteiger partial charge in [0.1, 0.15) is 10.5 Å². The standard InChI is InChI=1S/C15H17N3S/c1-10-6-7-16-9-12(10)15-17-13(8-14(19)18-15)11-4-2-3-5-11/h6-9,11H,2-5H2,1H3,(H,17,18,19). The molecule has 4 heteroatoms. The van der Waals surface area contributed by atoms with E-state index in [1.165, 1.54) is 31.4 Å². The Morgan fingerprint density at radius 2 is 2.11 bits per heavy atom. The van der Waals surface area contributed by atoms with Gasteiger partial charge in [-0.1, -0.05) is 25.1 Å². The average Bonchev–Trinajstić information content (AvgIpc) is 2.92. The fraction of sp³-hybridized carbons (Fsp3) is 0.400. The molecule has 0 saturated heterocycles. The number of rotatable bonds is 2. The highest BCUT2D eigenvalue weighted by atomic mass is 32.1. The summed E-state index contributed by atoms with van der Waals surface area (Å²) < 4.78 is 0.666. The van der Waals surface area contributed by atoms with Gasteiger partial charge in [0.05, 0.1) is 0 Å². The summed E-state index contributed by atoms with van der Waals surface area (Å²) in [6, 6.07) is 4.01. The van der Waals surface area contributed by atoms with Crippen molar-refractivity contribution in [3.8, 4) is 11.4 Å². The minimum atomic E-state index is 0.612. The van der Waals surface area contributed by atoms with Crippen LogP contribution in [-0.4, -0.2) is 15.0 Å². The number of hydrogen-bond acceptors (Lipinski definition) is 3. The molecule has 0 unspecified atom stereocenters. The van der Waals surface area contributed by atoms with E-state index in [4.69, 9.17) is 12.2 Å². The van der Waals surface area contributed by atoms with Gasteiger partial charge in [0.15, 0.2) is 0 Å². The number of hydrogen-bond donors (Lipinski definition) is 1. The third-order valence-corrected chi connectivity index (χ3v) is 4.06. The van der Waals surface area contributed by atoms with Crippen molar-refractivity contribution in [2.45, 2.75) is 38.5 Å². The van der Waals surface area contributed by atoms with Crippen LogP contribution in [0.3, 0.4) is 0 Å². The normalized spacial score (nSPS) is 15.8. The molecule has 2 heterocycles. The Morgan fingerprint density at radius 3 is 2.84 bits per heavy atom. The van der Waals surface area contributed by atoms with Gasteiger partial charge in [0.25, 0.3) is 0 Å². The van der Waals surface area contributed by atoms with E-state index in [2.05, 4.69) is 21.9 Å². The number of pyridine rings is 1. The number of aryl methyl sites for hydroxylation is 1. The summed E-state index contributed by atoms with van der Waals surface area (Å²) in [5.41, 5.74) is 3.43. The molecule has 19 heavy (non-hydrogen) atoms. The van der Waals surface area contributed by atoms with Crippen molar-refractivity contribution < 1.29 is 0 Å². The molecule has 1 aliphatic carbocycles. The topological polar surface area (TPSA) is 41.6 Å². The summed E-state index contributed by atoms with van der Waals surface area (Å²) in [7, 11) is 0. The Kier molecular flexibility index (Phi) is 3.42. The molecule has 0 atom stereocenters. The lowest BCUT2D eigenvalue weighted by molar-refractivity contribution is 0.694. The zero-order chi connectivity index (χ0) is 13.2. The number of nitrogens with one attached hydrogen (secondary N) is 1. The molecule has 0 amide bonds. The van der Waals surface area contributed by atoms with E-state index in [1.54, 1.807) is 6.20 Å². The second kappa shape index (κ2) is 5.21. The van der Waals surface area contributed by atoms with Gasteiger partial charge >= 0.3 is 0 Å². The van der Waals surface area contributed by atoms with Gasteiger partial charge in [-0.15, -0.1) is 0 Å². The first-order valence-electron chi connectivity index (χ1n) is 6.76. The molecule has 98 valence electrons. The van der Waals surface area contributed by atoms with Gasteiger partial charge in [0, 0.05) is 23.7 Å². The van der Waals surface area contributed by atoms with Crippen molar-refractivity contribution in [3.05, 3.63) is 40.4 Å². The van der Waals surface area contributed by atoms with Crippen molar-refractivity contribution in [3.63, 3.8) is 0 Å². The molecule has 3 rings (SSSR count). The fourth-order valence-corrected chi connectivity index (χ4v) is 2.99. The van der Waals surface area contributed by atoms with Gasteiger partial charge in [-0.3, -0.25) is 4.98 Å². The monoisotopic (exact) mass is 271 g/mol. The second-order valence-electron chi connectivity index (χ2n) is 5.20. The molecule has 0 bridgehead atoms. The van der Waals surface area contributed by atoms with Gasteiger partial charge in [-0.05, 0) is 43.4 Å². The third-order valence-electron chi connectivity index (χ3n) is 3.85. The SMILES string of the molecule is Cc1ccncc1-c1nc(=S)cc(C2CCCC2)[nH]1. The van der Waals surface area contributed by atoms with E-state index in [1.807, 2.05) is 18.3 Å². The Hall–Kier alpha value is -1.55. The van der Waals surface area contributed by atoms with Crippen molar-refractivity contribution in [2.24, 2.45) is 0 Å². The van der Waals surface area contributed by atoms with E-state index >= 15 is 0 Å². The third kappa shape index (κ3) is 2.59. The molecule has 1 saturated carbocycles. The fourth-order valence-electron chi connectivity index (χ4n) is 2.77. The van der Waals surface area contributed by atoms with E-state index < -0.39 is 0 Å². The lowest BCUT2D eigenvalue weighted by Gasteiger charge is -2.12. The van der Waals surface area contributed by atoms with Crippen LogP contribution in [-0.2, 0) is 0 Å². The van der Waals surface area contributed by atoms with Gasteiger partial charge in [-0.2, -0.15) is 0 Å². The van der Waals surface area contributed by atoms with Crippen LogP contribution in [0.5, 0.6) is 0 Å². The maximum atomic E-state index is 5.31. The van der Waals surface area contributed by atoms with E-state index in [0.29, 0.717) is 10.6 Å². The summed E-state index contributed by atoms with van der Waals surface area (Å²) in [6.07, 6.45) is 8.78. The van der Waals surface area contributed by atoms with E-state index in [9.17, 15) is 0 Å². The van der Waals surface area contributed by atoms with Crippen molar-refractivity contribution in [2.75, 3.05) is 0 Å². The summed E-state index contributed by atoms with van der Waals surface area (Å²) in [4.78, 5) is 12.1. The lowest BCUT2D eigenvalue weighted by atomic mass is 10.0. The minimum absolute atomic E-state index is 0.612. The highest BCUT2D eigenvalue weighted by Crippen LogP contribution is 2.33. The van der Waals surface area contributed by atoms with Gasteiger partial charge in [-0.25, -0.2) is 4.98 Å². The summed E-state index contributed by atoms with van der Waals surface area (Å²) in [5, 5.41) is 0. The summed E-state index contributed by atoms with van der Waals surface area (Å²) in [6.45, 7) is 2.07. The van der Waals surface area contributed by atoms with Gasteiger partial charge < -0.3 is 4.98 Å². The molecule has 1 fully saturated rings. The molecular formula is C15H17N3S. The van der Waals surface area contributed by atoms with Crippen LogP contribution in [0.4, 0.5) is 0 Å². The van der Waals surface area contributed by atoms with Crippen LogP contribution in [0.1, 0.15) is 42.9 Å². The van der Waals surface area contributed by atoms with Crippen LogP contribution < -0.4 is 0 Å². The molecule has 0 aromatic carbocycles. The maximum absolute atomic E-state index is 5.31. The largest absolute Gasteiger partial charge is 0.343 e. The average molecular weight is 271 g/mol. The molecule has 0 spiro atoms. The second-order valence-corrected chi connectivity index (χ2v) is 5.61. The zero-order valence-electron chi connectivity index (χ0n) is 11.0. The Balaban J connectivity index is 2.07. The van der Waals surface area contributed by atoms with Crippen LogP contribution >= 0.6 is 12.2 Å². The zero-order valence-corrected chi connectivity index (χ0v) is 11.8. The molecular weight excluding hydrogens is 254 g/mol. The van der Waals surface area contributed by atoms with Gasteiger partial charge in [0.2, 0.25) is 0 Å². The summed E-state index contributed by atoms with van der Waals surface area (Å²) in [5.74, 6) is 1.46. The molecule has 0 radical (unpaired) electrons. The predicted molar refractivity (Wildman–Crippen MR) is 78.6 cm³/mol. The highest BCUT2D eigenvalue weighted by molar-refractivity contribution is 7.71. The molecule has 2 aromatic rings. The molecule has 3 nitrogen and oxygen atoms in total. The van der Waals surface area contributed by atoms with Crippen molar-refractivity contribution in [1.29, 1.82) is 0 Å². The first-order valence-corrected chi connectivity index (χ1v) is 7.17. The molecule has 2 aromatic heterocycles. The Labute approximate surface area is 118 Å². The molecule has 1 aliphatic rings. The maximum Gasteiger partial charge on any atom is 0.140 e. The number of aromatic amines is 1. The predicted octanol–water partition coefficient (Wildman–Crippen LogP) is 4.17. The van der Waals surface area contributed by atoms with E-state index in [0.717, 1.165) is 17.0 Å². The molecule has 0 aliphatic heterocycles. The number of H-pyrrole nitrogens is 1. The van der Waals surface area contributed by atoms with Crippen LogP contribution in [0.25, 0.3) is 11.4 Å². The summed E-state index contributed by atoms with van der Waals surface area (Å²) >= 11 is 5.31. The molecule has 1 N–H and O–H groups in total. The first kappa shape index (κ1) is 12.5. The number of nitrogens with zero attached hydrogens (tertiary/aromatic N) is 2. The Morgan fingerprint density at radius 1 is 1.32 bits per heavy atom. The van der Waals surface area contributed by atoms with Crippen LogP contribution in [0.15, 0.2) is 24.5 Å². The van der Waals surface area contributed by atoms with Crippen LogP contribution in [0, 0.1) is 11.6 Å².